The van der Waals surface area contributed by atoms with Crippen LogP contribution >= 0.6 is 11.8 Å². The third kappa shape index (κ3) is 3.27. The minimum atomic E-state index is -4.57. The second-order valence-electron chi connectivity index (χ2n) is 3.75. The first-order chi connectivity index (χ1) is 9.38. The molecule has 0 radical (unpaired) electrons. The lowest BCUT2D eigenvalue weighted by molar-refractivity contribution is -0.137. The number of hydrogen-bond acceptors (Lipinski definition) is 4. The molecule has 0 aliphatic heterocycles. The molecule has 0 amide bonds. The lowest BCUT2D eigenvalue weighted by Crippen LogP contribution is -2.18. The fraction of sp³-hybridized carbons (Fsp3) is 0.0833. The van der Waals surface area contributed by atoms with E-state index in [1.807, 2.05) is 0 Å². The number of aromatic nitrogens is 2. The average molecular weight is 298 g/mol. The highest BCUT2D eigenvalue weighted by Crippen LogP contribution is 2.35. The molecule has 0 aliphatic rings. The third-order valence-electron chi connectivity index (χ3n) is 2.34. The molecular weight excluding hydrogens is 289 g/mol. The second-order valence-corrected chi connectivity index (χ2v) is 4.79. The Morgan fingerprint density at radius 1 is 1.20 bits per heavy atom. The standard InChI is InChI=1S/C12H9F3N4S/c13-12(14,15)9-6-7(2-3-8(9)10(16)17)20-11-18-4-1-5-19-11/h1-6H,(H3,16,17). The van der Waals surface area contributed by atoms with Gasteiger partial charge >= 0.3 is 6.18 Å². The van der Waals surface area contributed by atoms with Gasteiger partial charge in [-0.15, -0.1) is 0 Å². The fourth-order valence-corrected chi connectivity index (χ4v) is 2.25. The molecule has 0 spiro atoms. The number of amidine groups is 1. The van der Waals surface area contributed by atoms with E-state index in [1.165, 1.54) is 24.5 Å². The zero-order valence-corrected chi connectivity index (χ0v) is 10.8. The van der Waals surface area contributed by atoms with Crippen molar-refractivity contribution in [3.63, 3.8) is 0 Å². The summed E-state index contributed by atoms with van der Waals surface area (Å²) in [6.07, 6.45) is -1.57. The molecule has 4 nitrogen and oxygen atoms in total. The van der Waals surface area contributed by atoms with E-state index in [2.05, 4.69) is 9.97 Å². The van der Waals surface area contributed by atoms with E-state index >= 15 is 0 Å². The third-order valence-corrected chi connectivity index (χ3v) is 3.22. The molecule has 3 N–H and O–H groups in total. The maximum atomic E-state index is 12.9. The van der Waals surface area contributed by atoms with Crippen molar-refractivity contribution in [2.24, 2.45) is 5.73 Å². The van der Waals surface area contributed by atoms with Crippen LogP contribution in [0.15, 0.2) is 46.7 Å². The average Bonchev–Trinajstić information content (AvgIpc) is 2.38. The highest BCUT2D eigenvalue weighted by molar-refractivity contribution is 7.99. The van der Waals surface area contributed by atoms with Crippen molar-refractivity contribution in [2.45, 2.75) is 16.2 Å². The van der Waals surface area contributed by atoms with Crippen LogP contribution in [0.3, 0.4) is 0 Å². The largest absolute Gasteiger partial charge is 0.417 e. The van der Waals surface area contributed by atoms with Gasteiger partial charge in [-0.25, -0.2) is 9.97 Å². The molecule has 20 heavy (non-hydrogen) atoms. The molecule has 0 saturated heterocycles. The van der Waals surface area contributed by atoms with Gasteiger partial charge in [0.25, 0.3) is 0 Å². The van der Waals surface area contributed by atoms with Crippen LogP contribution in [0.25, 0.3) is 0 Å². The monoisotopic (exact) mass is 298 g/mol. The van der Waals surface area contributed by atoms with Gasteiger partial charge in [-0.3, -0.25) is 5.41 Å². The lowest BCUT2D eigenvalue weighted by atomic mass is 10.1. The van der Waals surface area contributed by atoms with Crippen LogP contribution in [0.4, 0.5) is 13.2 Å². The Kier molecular flexibility index (Phi) is 3.93. The molecule has 0 atom stereocenters. The number of nitrogen functional groups attached to an aromatic ring is 1. The minimum absolute atomic E-state index is 0.327. The molecular formula is C12H9F3N4S. The van der Waals surface area contributed by atoms with Crippen LogP contribution < -0.4 is 5.73 Å². The van der Waals surface area contributed by atoms with Crippen molar-refractivity contribution in [3.8, 4) is 0 Å². The molecule has 0 fully saturated rings. The summed E-state index contributed by atoms with van der Waals surface area (Å²) >= 11 is 1.00. The lowest BCUT2D eigenvalue weighted by Gasteiger charge is -2.13. The SMILES string of the molecule is N=C(N)c1ccc(Sc2ncccn2)cc1C(F)(F)F. The molecule has 104 valence electrons. The van der Waals surface area contributed by atoms with Crippen LogP contribution in [0.2, 0.25) is 0 Å². The zero-order valence-electron chi connectivity index (χ0n) is 9.98. The Labute approximate surface area is 116 Å². The molecule has 2 aromatic rings. The Balaban J connectivity index is 2.40. The van der Waals surface area contributed by atoms with Crippen LogP contribution in [-0.4, -0.2) is 15.8 Å². The maximum absolute atomic E-state index is 12.9. The Bertz CT molecular complexity index is 628. The number of alkyl halides is 3. The number of nitrogens with zero attached hydrogens (tertiary/aromatic N) is 2. The van der Waals surface area contributed by atoms with E-state index in [-0.39, 0.29) is 5.56 Å². The number of benzene rings is 1. The molecule has 0 bridgehead atoms. The van der Waals surface area contributed by atoms with E-state index in [1.54, 1.807) is 6.07 Å². The summed E-state index contributed by atoms with van der Waals surface area (Å²) in [7, 11) is 0. The summed E-state index contributed by atoms with van der Waals surface area (Å²) in [4.78, 5) is 8.18. The normalized spacial score (nSPS) is 11.3. The topological polar surface area (TPSA) is 75.7 Å². The van der Waals surface area contributed by atoms with Gasteiger partial charge in [-0.1, -0.05) is 0 Å². The smallest absolute Gasteiger partial charge is 0.384 e. The molecule has 0 unspecified atom stereocenters. The zero-order chi connectivity index (χ0) is 14.8. The number of rotatable bonds is 3. The van der Waals surface area contributed by atoms with Gasteiger partial charge < -0.3 is 5.73 Å². The van der Waals surface area contributed by atoms with Gasteiger partial charge in [0.05, 0.1) is 5.56 Å². The Hall–Kier alpha value is -2.09. The van der Waals surface area contributed by atoms with Crippen LogP contribution in [0, 0.1) is 5.41 Å². The summed E-state index contributed by atoms with van der Waals surface area (Å²) in [6, 6.07) is 5.19. The number of hydrogen-bond donors (Lipinski definition) is 2. The van der Waals surface area contributed by atoms with Gasteiger partial charge in [-0.05, 0) is 36.0 Å². The first kappa shape index (κ1) is 14.3. The summed E-state index contributed by atoms with van der Waals surface area (Å²) in [5.41, 5.74) is 3.89. The highest BCUT2D eigenvalue weighted by atomic mass is 32.2. The predicted molar refractivity (Wildman–Crippen MR) is 68.6 cm³/mol. The summed E-state index contributed by atoms with van der Waals surface area (Å²) in [5.74, 6) is -0.621. The Morgan fingerprint density at radius 2 is 1.85 bits per heavy atom. The summed E-state index contributed by atoms with van der Waals surface area (Å²) in [6.45, 7) is 0. The summed E-state index contributed by atoms with van der Waals surface area (Å²) < 4.78 is 38.8. The Morgan fingerprint density at radius 3 is 2.40 bits per heavy atom. The van der Waals surface area contributed by atoms with Crippen LogP contribution in [0.1, 0.15) is 11.1 Å². The van der Waals surface area contributed by atoms with Crippen molar-refractivity contribution in [1.29, 1.82) is 5.41 Å². The molecule has 1 aromatic heterocycles. The molecule has 2 rings (SSSR count). The fourth-order valence-electron chi connectivity index (χ4n) is 1.50. The van der Waals surface area contributed by atoms with E-state index in [4.69, 9.17) is 11.1 Å². The predicted octanol–water partition coefficient (Wildman–Crippen LogP) is 2.93. The van der Waals surface area contributed by atoms with Gasteiger partial charge in [0.2, 0.25) is 0 Å². The minimum Gasteiger partial charge on any atom is -0.384 e. The number of nitrogens with one attached hydrogen (secondary N) is 1. The van der Waals surface area contributed by atoms with E-state index in [0.29, 0.717) is 10.1 Å². The van der Waals surface area contributed by atoms with Crippen molar-refractivity contribution < 1.29 is 13.2 Å². The number of halogens is 3. The summed E-state index contributed by atoms with van der Waals surface area (Å²) in [5, 5.41) is 7.54. The van der Waals surface area contributed by atoms with Gasteiger partial charge in [0.15, 0.2) is 5.16 Å². The van der Waals surface area contributed by atoms with Crippen LogP contribution in [-0.2, 0) is 6.18 Å². The van der Waals surface area contributed by atoms with Gasteiger partial charge in [0, 0.05) is 22.9 Å². The second kappa shape index (κ2) is 5.49. The van der Waals surface area contributed by atoms with E-state index < -0.39 is 17.6 Å². The molecule has 1 heterocycles. The number of nitrogens with two attached hydrogens (primary N) is 1. The van der Waals surface area contributed by atoms with Crippen molar-refractivity contribution >= 4 is 17.6 Å². The molecule has 8 heteroatoms. The first-order valence-electron chi connectivity index (χ1n) is 5.38. The quantitative estimate of drug-likeness (QED) is 0.519. The highest BCUT2D eigenvalue weighted by Gasteiger charge is 2.34. The van der Waals surface area contributed by atoms with Crippen molar-refractivity contribution in [3.05, 3.63) is 47.8 Å². The molecule has 1 aromatic carbocycles. The van der Waals surface area contributed by atoms with Crippen molar-refractivity contribution in [2.75, 3.05) is 0 Å². The van der Waals surface area contributed by atoms with E-state index in [0.717, 1.165) is 17.8 Å². The van der Waals surface area contributed by atoms with Gasteiger partial charge in [-0.2, -0.15) is 13.2 Å². The van der Waals surface area contributed by atoms with Crippen LogP contribution in [0.5, 0.6) is 0 Å². The maximum Gasteiger partial charge on any atom is 0.417 e. The first-order valence-corrected chi connectivity index (χ1v) is 6.20. The molecule has 0 aliphatic carbocycles. The van der Waals surface area contributed by atoms with Gasteiger partial charge in [0.1, 0.15) is 5.84 Å². The van der Waals surface area contributed by atoms with E-state index in [9.17, 15) is 13.2 Å². The van der Waals surface area contributed by atoms with Crippen molar-refractivity contribution in [1.82, 2.24) is 9.97 Å². The molecule has 0 saturated carbocycles.